The molecular weight excluding hydrogens is 863 g/mol. The van der Waals surface area contributed by atoms with Crippen molar-refractivity contribution in [1.29, 1.82) is 0 Å². The quantitative estimate of drug-likeness (QED) is 0.0321. The second kappa shape index (κ2) is 59.9. The van der Waals surface area contributed by atoms with E-state index in [0.717, 1.165) is 44.9 Å². The molecule has 2 atom stereocenters. The zero-order valence-electron chi connectivity index (χ0n) is 47.3. The number of ether oxygens (including phenoxy) is 1. The fourth-order valence-electron chi connectivity index (χ4n) is 9.87. The van der Waals surface area contributed by atoms with Gasteiger partial charge >= 0.3 is 5.97 Å². The van der Waals surface area contributed by atoms with Gasteiger partial charge in [-0.2, -0.15) is 0 Å². The predicted octanol–water partition coefficient (Wildman–Crippen LogP) is 19.8. The number of amides is 1. The molecule has 6 heteroatoms. The number of nitrogens with one attached hydrogen (secondary N) is 1. The molecule has 0 saturated heterocycles. The van der Waals surface area contributed by atoms with Crippen LogP contribution in [0.1, 0.15) is 348 Å². The van der Waals surface area contributed by atoms with Crippen molar-refractivity contribution in [2.45, 2.75) is 360 Å². The summed E-state index contributed by atoms with van der Waals surface area (Å²) in [5.41, 5.74) is 0. The Morgan fingerprint density at radius 2 is 0.671 bits per heavy atom. The lowest BCUT2D eigenvalue weighted by molar-refractivity contribution is -0.143. The van der Waals surface area contributed by atoms with Crippen molar-refractivity contribution in [2.75, 3.05) is 13.2 Å². The SMILES string of the molecule is CCCCCCCCCCCCC/C=C/C(O)C(CO)NC(=O)CCCCCCCCC/C=C\CCCCCCCCCCCCCCOC(=O)CCCCCCCCCCCCCCCCCCC. The molecule has 0 aromatic heterocycles. The first-order valence-corrected chi connectivity index (χ1v) is 31.6. The molecule has 0 spiro atoms. The van der Waals surface area contributed by atoms with Gasteiger partial charge in [-0.1, -0.05) is 301 Å². The smallest absolute Gasteiger partial charge is 0.305 e. The van der Waals surface area contributed by atoms with Crippen LogP contribution in [0, 0.1) is 0 Å². The van der Waals surface area contributed by atoms with Crippen molar-refractivity contribution in [3.8, 4) is 0 Å². The lowest BCUT2D eigenvalue weighted by Gasteiger charge is -2.20. The van der Waals surface area contributed by atoms with E-state index in [4.69, 9.17) is 4.74 Å². The molecule has 0 aliphatic rings. The molecule has 0 bridgehead atoms. The van der Waals surface area contributed by atoms with Gasteiger partial charge in [0, 0.05) is 12.8 Å². The monoisotopic (exact) mass is 986 g/mol. The maximum atomic E-state index is 12.4. The summed E-state index contributed by atoms with van der Waals surface area (Å²) in [7, 11) is 0. The molecule has 0 heterocycles. The second-order valence-corrected chi connectivity index (χ2v) is 21.7. The van der Waals surface area contributed by atoms with Crippen molar-refractivity contribution in [3.63, 3.8) is 0 Å². The summed E-state index contributed by atoms with van der Waals surface area (Å²) in [6.45, 7) is 4.92. The van der Waals surface area contributed by atoms with E-state index in [2.05, 4.69) is 31.3 Å². The molecule has 414 valence electrons. The standard InChI is InChI=1S/C64H123NO5/c1-3-5-7-9-11-13-15-17-18-26-30-34-38-42-46-50-54-58-64(69)70-59-55-51-47-43-39-35-31-28-25-23-21-19-20-22-24-27-29-33-37-41-45-49-53-57-63(68)65-61(60-66)62(67)56-52-48-44-40-36-32-16-14-12-10-8-6-4-2/h22,24,52,56,61-62,66-67H,3-21,23,25-51,53-55,57-60H2,1-2H3,(H,65,68)/b24-22-,56-52+. The number of carbonyl (C=O) groups excluding carboxylic acids is 2. The van der Waals surface area contributed by atoms with Crippen LogP contribution in [-0.4, -0.2) is 47.4 Å². The fourth-order valence-corrected chi connectivity index (χ4v) is 9.87. The highest BCUT2D eigenvalue weighted by Gasteiger charge is 2.18. The molecule has 0 radical (unpaired) electrons. The average molecular weight is 987 g/mol. The summed E-state index contributed by atoms with van der Waals surface area (Å²) in [4.78, 5) is 24.5. The first-order chi connectivity index (χ1) is 34.5. The minimum atomic E-state index is -0.847. The first kappa shape index (κ1) is 68.3. The maximum absolute atomic E-state index is 12.4. The van der Waals surface area contributed by atoms with Crippen LogP contribution in [-0.2, 0) is 14.3 Å². The molecule has 1 amide bonds. The number of rotatable bonds is 59. The number of hydrogen-bond acceptors (Lipinski definition) is 5. The van der Waals surface area contributed by atoms with Crippen LogP contribution in [0.4, 0.5) is 0 Å². The minimum absolute atomic E-state index is 0.0152. The Bertz CT molecular complexity index is 1090. The van der Waals surface area contributed by atoms with Gasteiger partial charge in [0.05, 0.1) is 25.4 Å². The Kier molecular flexibility index (Phi) is 58.5. The van der Waals surface area contributed by atoms with Crippen LogP contribution in [0.5, 0.6) is 0 Å². The van der Waals surface area contributed by atoms with Gasteiger partial charge in [0.2, 0.25) is 5.91 Å². The number of esters is 1. The van der Waals surface area contributed by atoms with Gasteiger partial charge in [0.15, 0.2) is 0 Å². The molecule has 0 fully saturated rings. The Balaban J connectivity index is 3.40. The molecule has 0 aromatic rings. The lowest BCUT2D eigenvalue weighted by atomic mass is 10.0. The zero-order chi connectivity index (χ0) is 50.7. The van der Waals surface area contributed by atoms with Crippen LogP contribution in [0.15, 0.2) is 24.3 Å². The van der Waals surface area contributed by atoms with E-state index in [9.17, 15) is 19.8 Å². The van der Waals surface area contributed by atoms with Crippen LogP contribution >= 0.6 is 0 Å². The number of unbranched alkanes of at least 4 members (excludes halogenated alkanes) is 46. The largest absolute Gasteiger partial charge is 0.466 e. The van der Waals surface area contributed by atoms with E-state index < -0.39 is 12.1 Å². The van der Waals surface area contributed by atoms with Gasteiger partial charge in [-0.25, -0.2) is 0 Å². The van der Waals surface area contributed by atoms with Crippen LogP contribution in [0.2, 0.25) is 0 Å². The third-order valence-corrected chi connectivity index (χ3v) is 14.7. The highest BCUT2D eigenvalue weighted by molar-refractivity contribution is 5.76. The Morgan fingerprint density at radius 1 is 0.386 bits per heavy atom. The molecule has 0 aliphatic heterocycles. The summed E-state index contributed by atoms with van der Waals surface area (Å²) >= 11 is 0. The van der Waals surface area contributed by atoms with E-state index in [-0.39, 0.29) is 18.5 Å². The van der Waals surface area contributed by atoms with E-state index in [0.29, 0.717) is 19.4 Å². The summed E-state index contributed by atoms with van der Waals surface area (Å²) in [5.74, 6) is -0.0582. The average Bonchev–Trinajstić information content (AvgIpc) is 3.36. The number of aliphatic hydroxyl groups excluding tert-OH is 2. The number of aliphatic hydroxyl groups is 2. The van der Waals surface area contributed by atoms with Crippen molar-refractivity contribution in [2.24, 2.45) is 0 Å². The number of hydrogen-bond donors (Lipinski definition) is 3. The fraction of sp³-hybridized carbons (Fsp3) is 0.906. The molecule has 2 unspecified atom stereocenters. The topological polar surface area (TPSA) is 95.9 Å². The predicted molar refractivity (Wildman–Crippen MR) is 306 cm³/mol. The number of allylic oxidation sites excluding steroid dienone is 3. The van der Waals surface area contributed by atoms with Crippen molar-refractivity contribution < 1.29 is 24.5 Å². The van der Waals surface area contributed by atoms with Gasteiger partial charge < -0.3 is 20.3 Å². The van der Waals surface area contributed by atoms with E-state index in [1.54, 1.807) is 6.08 Å². The van der Waals surface area contributed by atoms with Gasteiger partial charge in [0.1, 0.15) is 0 Å². The van der Waals surface area contributed by atoms with E-state index >= 15 is 0 Å². The molecule has 0 rings (SSSR count). The van der Waals surface area contributed by atoms with Crippen LogP contribution in [0.25, 0.3) is 0 Å². The normalized spacial score (nSPS) is 12.7. The lowest BCUT2D eigenvalue weighted by Crippen LogP contribution is -2.45. The highest BCUT2D eigenvalue weighted by Crippen LogP contribution is 2.17. The van der Waals surface area contributed by atoms with Crippen molar-refractivity contribution in [3.05, 3.63) is 24.3 Å². The summed E-state index contributed by atoms with van der Waals surface area (Å²) in [6.07, 6.45) is 73.7. The van der Waals surface area contributed by atoms with Gasteiger partial charge in [0.25, 0.3) is 0 Å². The van der Waals surface area contributed by atoms with E-state index in [1.807, 2.05) is 6.08 Å². The number of carbonyl (C=O) groups is 2. The zero-order valence-corrected chi connectivity index (χ0v) is 47.3. The molecule has 6 nitrogen and oxygen atoms in total. The van der Waals surface area contributed by atoms with Gasteiger partial charge in [-0.05, 0) is 57.8 Å². The Morgan fingerprint density at radius 3 is 1.01 bits per heavy atom. The van der Waals surface area contributed by atoms with Gasteiger partial charge in [-0.3, -0.25) is 9.59 Å². The highest BCUT2D eigenvalue weighted by atomic mass is 16.5. The molecule has 0 saturated carbocycles. The van der Waals surface area contributed by atoms with Crippen molar-refractivity contribution in [1.82, 2.24) is 5.32 Å². The Labute approximate surface area is 437 Å². The summed E-state index contributed by atoms with van der Waals surface area (Å²) in [6, 6.07) is -0.631. The second-order valence-electron chi connectivity index (χ2n) is 21.7. The molecule has 0 aromatic carbocycles. The van der Waals surface area contributed by atoms with Gasteiger partial charge in [-0.15, -0.1) is 0 Å². The summed E-state index contributed by atoms with van der Waals surface area (Å²) in [5, 5.41) is 23.1. The molecule has 0 aliphatic carbocycles. The van der Waals surface area contributed by atoms with E-state index in [1.165, 1.54) is 276 Å². The minimum Gasteiger partial charge on any atom is -0.466 e. The molecule has 3 N–H and O–H groups in total. The maximum Gasteiger partial charge on any atom is 0.305 e. The third kappa shape index (κ3) is 55.7. The molecule has 70 heavy (non-hydrogen) atoms. The van der Waals surface area contributed by atoms with Crippen molar-refractivity contribution >= 4 is 11.9 Å². The van der Waals surface area contributed by atoms with Crippen LogP contribution < -0.4 is 5.32 Å². The first-order valence-electron chi connectivity index (χ1n) is 31.6. The summed E-state index contributed by atoms with van der Waals surface area (Å²) < 4.78 is 5.50. The third-order valence-electron chi connectivity index (χ3n) is 14.7. The molecular formula is C64H123NO5. The Hall–Kier alpha value is -1.66. The van der Waals surface area contributed by atoms with Crippen LogP contribution in [0.3, 0.4) is 0 Å².